The fourth-order valence-electron chi connectivity index (χ4n) is 4.37. The quantitative estimate of drug-likeness (QED) is 0.255. The number of amides is 1. The number of halogens is 2. The number of furan rings is 1. The number of aromatic nitrogens is 1. The van der Waals surface area contributed by atoms with Gasteiger partial charge in [0.05, 0.1) is 34.6 Å². The highest BCUT2D eigenvalue weighted by Crippen LogP contribution is 2.44. The molecule has 0 unspecified atom stereocenters. The molecular weight excluding hydrogens is 531 g/mol. The maximum Gasteiger partial charge on any atom is 0.221 e. The predicted molar refractivity (Wildman–Crippen MR) is 149 cm³/mol. The Hall–Kier alpha value is -3.59. The van der Waals surface area contributed by atoms with E-state index in [-0.39, 0.29) is 18.0 Å². The van der Waals surface area contributed by atoms with Crippen LogP contribution in [0.2, 0.25) is 10.0 Å². The normalized spacial score (nSPS) is 17.0. The molecule has 1 fully saturated rings. The van der Waals surface area contributed by atoms with Crippen LogP contribution in [0.1, 0.15) is 30.5 Å². The Bertz CT molecular complexity index is 1480. The van der Waals surface area contributed by atoms with Gasteiger partial charge in [-0.25, -0.2) is 0 Å². The van der Waals surface area contributed by atoms with Gasteiger partial charge in [-0.05, 0) is 72.9 Å². The van der Waals surface area contributed by atoms with Crippen LogP contribution < -0.4 is 20.3 Å². The molecule has 0 bridgehead atoms. The Morgan fingerprint density at radius 3 is 2.65 bits per heavy atom. The molecule has 10 heteroatoms. The Kier molecular flexibility index (Phi) is 7.06. The first kappa shape index (κ1) is 25.1. The number of nitrogens with zero attached hydrogens (tertiary/aromatic N) is 2. The molecule has 7 nitrogen and oxygen atoms in total. The van der Waals surface area contributed by atoms with Crippen LogP contribution in [0, 0.1) is 0 Å². The molecule has 1 amide bonds. The zero-order chi connectivity index (χ0) is 26.1. The van der Waals surface area contributed by atoms with Gasteiger partial charge in [0.2, 0.25) is 5.91 Å². The van der Waals surface area contributed by atoms with Gasteiger partial charge in [-0.1, -0.05) is 29.3 Å². The molecule has 0 aliphatic carbocycles. The molecule has 2 N–H and O–H groups in total. The number of ether oxygens (including phenoxy) is 1. The van der Waals surface area contributed by atoms with E-state index in [9.17, 15) is 4.79 Å². The van der Waals surface area contributed by atoms with Gasteiger partial charge in [0.1, 0.15) is 23.3 Å². The Morgan fingerprint density at radius 2 is 1.95 bits per heavy atom. The minimum atomic E-state index is -0.377. The Balaban J connectivity index is 1.60. The largest absolute Gasteiger partial charge is 0.495 e. The molecule has 1 aliphatic heterocycles. The van der Waals surface area contributed by atoms with Crippen molar-refractivity contribution < 1.29 is 13.9 Å². The first-order chi connectivity index (χ1) is 17.9. The number of nitrogens with one attached hydrogen (secondary N) is 2. The van der Waals surface area contributed by atoms with E-state index in [1.165, 1.54) is 6.92 Å². The lowest BCUT2D eigenvalue weighted by molar-refractivity contribution is -0.114. The molecule has 5 rings (SSSR count). The molecule has 2 aromatic carbocycles. The zero-order valence-corrected chi connectivity index (χ0v) is 22.2. The van der Waals surface area contributed by atoms with E-state index in [1.54, 1.807) is 31.5 Å². The average Bonchev–Trinajstić information content (AvgIpc) is 3.50. The zero-order valence-electron chi connectivity index (χ0n) is 19.9. The van der Waals surface area contributed by atoms with Gasteiger partial charge >= 0.3 is 0 Å². The summed E-state index contributed by atoms with van der Waals surface area (Å²) in [5, 5.41) is 7.63. The number of carbonyl (C=O) groups excluding carboxylic acids is 1. The van der Waals surface area contributed by atoms with E-state index in [4.69, 9.17) is 44.6 Å². The maximum atomic E-state index is 11.8. The highest BCUT2D eigenvalue weighted by molar-refractivity contribution is 7.80. The third kappa shape index (κ3) is 5.00. The summed E-state index contributed by atoms with van der Waals surface area (Å²) in [5.74, 6) is 1.63. The van der Waals surface area contributed by atoms with E-state index in [0.717, 1.165) is 16.9 Å². The van der Waals surface area contributed by atoms with Crippen molar-refractivity contribution in [3.63, 3.8) is 0 Å². The van der Waals surface area contributed by atoms with E-state index >= 15 is 0 Å². The maximum absolute atomic E-state index is 11.8. The molecule has 0 saturated carbocycles. The Morgan fingerprint density at radius 1 is 1.11 bits per heavy atom. The summed E-state index contributed by atoms with van der Waals surface area (Å²) >= 11 is 18.1. The first-order valence-corrected chi connectivity index (χ1v) is 12.5. The summed E-state index contributed by atoms with van der Waals surface area (Å²) in [6.45, 7) is 1.45. The fraction of sp³-hybridized carbons (Fsp3) is 0.148. The van der Waals surface area contributed by atoms with E-state index in [1.807, 2.05) is 53.4 Å². The van der Waals surface area contributed by atoms with Crippen molar-refractivity contribution in [2.24, 2.45) is 0 Å². The number of thiocarbonyl (C=S) groups is 1. The molecule has 37 heavy (non-hydrogen) atoms. The minimum absolute atomic E-state index is 0.210. The van der Waals surface area contributed by atoms with Crippen molar-refractivity contribution in [3.05, 3.63) is 94.4 Å². The van der Waals surface area contributed by atoms with Gasteiger partial charge in [0.15, 0.2) is 5.11 Å². The molecular formula is C27H22Cl2N4O3S. The summed E-state index contributed by atoms with van der Waals surface area (Å²) in [5.41, 5.74) is 2.89. The molecule has 2 atom stereocenters. The third-order valence-electron chi connectivity index (χ3n) is 5.99. The topological polar surface area (TPSA) is 79.6 Å². The van der Waals surface area contributed by atoms with Crippen molar-refractivity contribution in [3.8, 4) is 17.1 Å². The van der Waals surface area contributed by atoms with Gasteiger partial charge in [-0.15, -0.1) is 0 Å². The summed E-state index contributed by atoms with van der Waals surface area (Å²) in [6.07, 6.45) is 1.74. The molecule has 1 saturated heterocycles. The van der Waals surface area contributed by atoms with Crippen LogP contribution in [-0.2, 0) is 4.79 Å². The summed E-state index contributed by atoms with van der Waals surface area (Å²) in [7, 11) is 1.55. The highest BCUT2D eigenvalue weighted by atomic mass is 35.5. The summed E-state index contributed by atoms with van der Waals surface area (Å²) in [4.78, 5) is 18.3. The van der Waals surface area contributed by atoms with Crippen molar-refractivity contribution >= 4 is 57.8 Å². The van der Waals surface area contributed by atoms with Crippen LogP contribution in [0.5, 0.6) is 5.75 Å². The second kappa shape index (κ2) is 10.4. The van der Waals surface area contributed by atoms with Gasteiger partial charge in [-0.3, -0.25) is 9.78 Å². The van der Waals surface area contributed by atoms with Crippen molar-refractivity contribution in [1.29, 1.82) is 0 Å². The number of benzene rings is 2. The lowest BCUT2D eigenvalue weighted by atomic mass is 10.0. The number of rotatable bonds is 6. The van der Waals surface area contributed by atoms with Crippen LogP contribution in [-0.4, -0.2) is 23.1 Å². The van der Waals surface area contributed by atoms with Gasteiger partial charge < -0.3 is 24.7 Å². The highest BCUT2D eigenvalue weighted by Gasteiger charge is 2.42. The van der Waals surface area contributed by atoms with Gasteiger partial charge in [0.25, 0.3) is 0 Å². The number of pyridine rings is 1. The second-order valence-corrected chi connectivity index (χ2v) is 9.59. The monoisotopic (exact) mass is 552 g/mol. The molecule has 4 aromatic rings. The predicted octanol–water partition coefficient (Wildman–Crippen LogP) is 6.79. The molecule has 2 aromatic heterocycles. The fourth-order valence-corrected chi connectivity index (χ4v) is 5.02. The number of anilines is 2. The lowest BCUT2D eigenvalue weighted by Gasteiger charge is -2.27. The second-order valence-electron chi connectivity index (χ2n) is 8.39. The minimum Gasteiger partial charge on any atom is -0.495 e. The van der Waals surface area contributed by atoms with E-state index in [0.29, 0.717) is 38.1 Å². The first-order valence-electron chi connectivity index (χ1n) is 11.4. The van der Waals surface area contributed by atoms with Crippen molar-refractivity contribution in [2.45, 2.75) is 19.0 Å². The SMILES string of the molecule is COc1ccc(N2C(=S)N[C@@H](c3ccccn3)[C@@H]2c2ccc(-c3ccc(Cl)c(Cl)c3)o2)cc1NC(C)=O. The molecule has 0 spiro atoms. The van der Waals surface area contributed by atoms with Crippen molar-refractivity contribution in [2.75, 3.05) is 17.3 Å². The van der Waals surface area contributed by atoms with Crippen LogP contribution >= 0.6 is 35.4 Å². The Labute approximate surface area is 229 Å². The summed E-state index contributed by atoms with van der Waals surface area (Å²) < 4.78 is 11.8. The van der Waals surface area contributed by atoms with Crippen molar-refractivity contribution in [1.82, 2.24) is 10.3 Å². The van der Waals surface area contributed by atoms with Crippen LogP contribution in [0.25, 0.3) is 11.3 Å². The van der Waals surface area contributed by atoms with Crippen LogP contribution in [0.3, 0.4) is 0 Å². The van der Waals surface area contributed by atoms with E-state index < -0.39 is 0 Å². The molecule has 188 valence electrons. The van der Waals surface area contributed by atoms with Gasteiger partial charge in [-0.2, -0.15) is 0 Å². The average molecular weight is 553 g/mol. The van der Waals surface area contributed by atoms with E-state index in [2.05, 4.69) is 15.6 Å². The summed E-state index contributed by atoms with van der Waals surface area (Å²) in [6, 6.07) is 19.7. The van der Waals surface area contributed by atoms with Crippen LogP contribution in [0.4, 0.5) is 11.4 Å². The number of hydrogen-bond acceptors (Lipinski definition) is 5. The molecule has 0 radical (unpaired) electrons. The number of carbonyl (C=O) groups is 1. The number of methoxy groups -OCH3 is 1. The standard InChI is InChI=1S/C27H22Cl2N4O3S/c1-15(34)31-21-14-17(7-9-23(21)35-2)33-26(25(32-27(33)37)20-5-3-4-12-30-20)24-11-10-22(36-24)16-6-8-18(28)19(29)13-16/h3-14,25-26H,1-2H3,(H,31,34)(H,32,37)/t25-,26-/m0/s1. The third-order valence-corrected chi connectivity index (χ3v) is 7.05. The lowest BCUT2D eigenvalue weighted by Crippen LogP contribution is -2.29. The van der Waals surface area contributed by atoms with Crippen LogP contribution in [0.15, 0.2) is 77.3 Å². The molecule has 3 heterocycles. The smallest absolute Gasteiger partial charge is 0.221 e. The molecule has 1 aliphatic rings. The number of hydrogen-bond donors (Lipinski definition) is 2. The van der Waals surface area contributed by atoms with Gasteiger partial charge in [0, 0.05) is 24.4 Å².